The number of nitrogens with two attached hydrogens (primary N) is 1. The van der Waals surface area contributed by atoms with Gasteiger partial charge in [0, 0.05) is 6.07 Å². The van der Waals surface area contributed by atoms with Crippen LogP contribution in [0.4, 0.5) is 0 Å². The highest BCUT2D eigenvalue weighted by Gasteiger charge is 2.12. The number of nitrogens with zero attached hydrogens (tertiary/aromatic N) is 1. The molecule has 5 heteroatoms. The third kappa shape index (κ3) is 3.67. The van der Waals surface area contributed by atoms with E-state index in [0.717, 1.165) is 0 Å². The predicted molar refractivity (Wildman–Crippen MR) is 66.2 cm³/mol. The van der Waals surface area contributed by atoms with Gasteiger partial charge in [0.2, 0.25) is 5.91 Å². The summed E-state index contributed by atoms with van der Waals surface area (Å²) in [4.78, 5) is 10.9. The van der Waals surface area contributed by atoms with E-state index in [0.29, 0.717) is 23.7 Å². The number of primary amides is 1. The highest BCUT2D eigenvalue weighted by atomic mass is 16.5. The molecule has 1 rings (SSSR count). The van der Waals surface area contributed by atoms with E-state index in [2.05, 4.69) is 0 Å². The maximum atomic E-state index is 10.9. The number of ether oxygens (including phenoxy) is 2. The van der Waals surface area contributed by atoms with E-state index in [1.807, 2.05) is 13.0 Å². The first kappa shape index (κ1) is 13.8. The molecular weight excluding hydrogens is 232 g/mol. The molecule has 96 valence electrons. The molecule has 1 unspecified atom stereocenters. The average Bonchev–Trinajstić information content (AvgIpc) is 2.36. The van der Waals surface area contributed by atoms with Crippen LogP contribution in [-0.2, 0) is 4.79 Å². The van der Waals surface area contributed by atoms with Gasteiger partial charge in [-0.3, -0.25) is 4.79 Å². The van der Waals surface area contributed by atoms with Crippen molar-refractivity contribution in [2.75, 3.05) is 13.2 Å². The molecule has 0 aliphatic heterocycles. The van der Waals surface area contributed by atoms with Gasteiger partial charge in [0.15, 0.2) is 11.5 Å². The number of amides is 1. The topological polar surface area (TPSA) is 85.3 Å². The Bertz CT molecular complexity index is 466. The second kappa shape index (κ2) is 6.50. The van der Waals surface area contributed by atoms with Gasteiger partial charge in [-0.05, 0) is 19.1 Å². The molecule has 1 amide bonds. The van der Waals surface area contributed by atoms with Crippen LogP contribution in [0, 0.1) is 17.2 Å². The van der Waals surface area contributed by atoms with Gasteiger partial charge in [-0.1, -0.05) is 6.92 Å². The van der Waals surface area contributed by atoms with Gasteiger partial charge in [0.25, 0.3) is 0 Å². The lowest BCUT2D eigenvalue weighted by Gasteiger charge is -2.14. The molecule has 5 nitrogen and oxygen atoms in total. The summed E-state index contributed by atoms with van der Waals surface area (Å²) >= 11 is 0. The smallest absolute Gasteiger partial charge is 0.223 e. The summed E-state index contributed by atoms with van der Waals surface area (Å²) in [7, 11) is 0. The maximum Gasteiger partial charge on any atom is 0.223 e. The second-order valence-corrected chi connectivity index (χ2v) is 3.82. The summed E-state index contributed by atoms with van der Waals surface area (Å²) < 4.78 is 10.9. The fourth-order valence-corrected chi connectivity index (χ4v) is 1.26. The van der Waals surface area contributed by atoms with E-state index in [-0.39, 0.29) is 12.5 Å². The zero-order chi connectivity index (χ0) is 13.5. The number of benzene rings is 1. The molecule has 0 heterocycles. The van der Waals surface area contributed by atoms with E-state index in [9.17, 15) is 4.79 Å². The van der Waals surface area contributed by atoms with Crippen LogP contribution in [0.15, 0.2) is 18.2 Å². The van der Waals surface area contributed by atoms with Crippen molar-refractivity contribution in [2.45, 2.75) is 13.8 Å². The standard InChI is InChI=1S/C13H16N2O3/c1-3-17-12-6-10(7-14)4-5-11(12)18-8-9(2)13(15)16/h4-6,9H,3,8H2,1-2H3,(H2,15,16). The van der Waals surface area contributed by atoms with Crippen molar-refractivity contribution in [3.8, 4) is 17.6 Å². The number of carbonyl (C=O) groups is 1. The minimum atomic E-state index is -0.415. The predicted octanol–water partition coefficient (Wildman–Crippen LogP) is 1.46. The largest absolute Gasteiger partial charge is 0.490 e. The van der Waals surface area contributed by atoms with Crippen LogP contribution in [0.25, 0.3) is 0 Å². The van der Waals surface area contributed by atoms with Crippen LogP contribution in [0.1, 0.15) is 19.4 Å². The molecule has 0 saturated carbocycles. The lowest BCUT2D eigenvalue weighted by Crippen LogP contribution is -2.25. The van der Waals surface area contributed by atoms with Crippen molar-refractivity contribution in [2.24, 2.45) is 11.7 Å². The van der Waals surface area contributed by atoms with Crippen molar-refractivity contribution in [1.29, 1.82) is 5.26 Å². The minimum absolute atomic E-state index is 0.182. The average molecular weight is 248 g/mol. The number of hydrogen-bond acceptors (Lipinski definition) is 4. The molecule has 2 N–H and O–H groups in total. The van der Waals surface area contributed by atoms with Gasteiger partial charge in [0.1, 0.15) is 0 Å². The molecule has 0 aliphatic carbocycles. The zero-order valence-electron chi connectivity index (χ0n) is 10.5. The second-order valence-electron chi connectivity index (χ2n) is 3.82. The normalized spacial score (nSPS) is 11.4. The van der Waals surface area contributed by atoms with Gasteiger partial charge >= 0.3 is 0 Å². The summed E-state index contributed by atoms with van der Waals surface area (Å²) in [6, 6.07) is 6.91. The molecule has 18 heavy (non-hydrogen) atoms. The first-order valence-electron chi connectivity index (χ1n) is 5.67. The van der Waals surface area contributed by atoms with Gasteiger partial charge in [0.05, 0.1) is 30.8 Å². The van der Waals surface area contributed by atoms with E-state index < -0.39 is 5.91 Å². The van der Waals surface area contributed by atoms with Crippen molar-refractivity contribution in [1.82, 2.24) is 0 Å². The number of hydrogen-bond donors (Lipinski definition) is 1. The molecule has 0 spiro atoms. The molecule has 0 aromatic heterocycles. The molecule has 1 aromatic rings. The first-order valence-corrected chi connectivity index (χ1v) is 5.67. The maximum absolute atomic E-state index is 10.9. The Hall–Kier alpha value is -2.22. The molecule has 0 aliphatic rings. The van der Waals surface area contributed by atoms with Crippen molar-refractivity contribution < 1.29 is 14.3 Å². The number of rotatable bonds is 6. The van der Waals surface area contributed by atoms with Crippen LogP contribution in [-0.4, -0.2) is 19.1 Å². The Labute approximate surface area is 106 Å². The zero-order valence-corrected chi connectivity index (χ0v) is 10.5. The molecule has 0 radical (unpaired) electrons. The van der Waals surface area contributed by atoms with E-state index in [1.165, 1.54) is 0 Å². The molecule has 0 fully saturated rings. The summed E-state index contributed by atoms with van der Waals surface area (Å²) in [6.45, 7) is 4.18. The Morgan fingerprint density at radius 1 is 1.44 bits per heavy atom. The fraction of sp³-hybridized carbons (Fsp3) is 0.385. The summed E-state index contributed by atoms with van der Waals surface area (Å²) in [5.74, 6) is 0.203. The quantitative estimate of drug-likeness (QED) is 0.825. The summed E-state index contributed by atoms with van der Waals surface area (Å²) in [5.41, 5.74) is 5.64. The van der Waals surface area contributed by atoms with Gasteiger partial charge in [-0.25, -0.2) is 0 Å². The monoisotopic (exact) mass is 248 g/mol. The van der Waals surface area contributed by atoms with Gasteiger partial charge < -0.3 is 15.2 Å². The fourth-order valence-electron chi connectivity index (χ4n) is 1.26. The Morgan fingerprint density at radius 3 is 2.72 bits per heavy atom. The van der Waals surface area contributed by atoms with Crippen LogP contribution < -0.4 is 15.2 Å². The van der Waals surface area contributed by atoms with E-state index in [1.54, 1.807) is 25.1 Å². The van der Waals surface area contributed by atoms with Crippen LogP contribution >= 0.6 is 0 Å². The number of carbonyl (C=O) groups excluding carboxylic acids is 1. The molecule has 0 bridgehead atoms. The third-order valence-electron chi connectivity index (χ3n) is 2.35. The Morgan fingerprint density at radius 2 is 2.17 bits per heavy atom. The molecule has 1 atom stereocenters. The lowest BCUT2D eigenvalue weighted by molar-refractivity contribution is -0.122. The van der Waals surface area contributed by atoms with E-state index in [4.69, 9.17) is 20.5 Å². The Balaban J connectivity index is 2.81. The molecular formula is C13H16N2O3. The third-order valence-corrected chi connectivity index (χ3v) is 2.35. The van der Waals surface area contributed by atoms with Crippen LogP contribution in [0.3, 0.4) is 0 Å². The summed E-state index contributed by atoms with van der Waals surface area (Å²) in [5, 5.41) is 8.80. The summed E-state index contributed by atoms with van der Waals surface area (Å²) in [6.07, 6.45) is 0. The van der Waals surface area contributed by atoms with Crippen LogP contribution in [0.2, 0.25) is 0 Å². The van der Waals surface area contributed by atoms with Crippen LogP contribution in [0.5, 0.6) is 11.5 Å². The van der Waals surface area contributed by atoms with Gasteiger partial charge in [-0.2, -0.15) is 5.26 Å². The lowest BCUT2D eigenvalue weighted by atomic mass is 10.2. The van der Waals surface area contributed by atoms with Crippen molar-refractivity contribution in [3.63, 3.8) is 0 Å². The minimum Gasteiger partial charge on any atom is -0.490 e. The SMILES string of the molecule is CCOc1cc(C#N)ccc1OCC(C)C(N)=O. The van der Waals surface area contributed by atoms with Crippen molar-refractivity contribution in [3.05, 3.63) is 23.8 Å². The highest BCUT2D eigenvalue weighted by molar-refractivity contribution is 5.76. The highest BCUT2D eigenvalue weighted by Crippen LogP contribution is 2.28. The first-order chi connectivity index (χ1) is 8.58. The Kier molecular flexibility index (Phi) is 5.00. The molecule has 0 saturated heterocycles. The molecule has 1 aromatic carbocycles. The van der Waals surface area contributed by atoms with Crippen molar-refractivity contribution >= 4 is 5.91 Å². The van der Waals surface area contributed by atoms with Gasteiger partial charge in [-0.15, -0.1) is 0 Å². The van der Waals surface area contributed by atoms with E-state index >= 15 is 0 Å². The number of nitriles is 1.